The van der Waals surface area contributed by atoms with E-state index in [9.17, 15) is 14.0 Å². The molecule has 0 bridgehead atoms. The molecule has 0 spiro atoms. The van der Waals surface area contributed by atoms with Gasteiger partial charge in [0.2, 0.25) is 0 Å². The Balaban J connectivity index is 1.74. The van der Waals surface area contributed by atoms with Crippen molar-refractivity contribution in [1.29, 1.82) is 0 Å². The molecule has 9 heteroatoms. The zero-order valence-electron chi connectivity index (χ0n) is 16.3. The van der Waals surface area contributed by atoms with E-state index in [1.54, 1.807) is 41.2 Å². The van der Waals surface area contributed by atoms with E-state index in [0.29, 0.717) is 11.5 Å². The number of amides is 1. The molecule has 156 valence electrons. The smallest absolute Gasteiger partial charge is 0.337 e. The summed E-state index contributed by atoms with van der Waals surface area (Å²) in [5.41, 5.74) is 1.33. The Morgan fingerprint density at radius 2 is 1.81 bits per heavy atom. The number of nitrogens with zero attached hydrogens (tertiary/aromatic N) is 3. The SMILES string of the molecule is COC(=O)c1ccc(Cl)c(NC(=O)c2cnn(-c3ccc(F)cc3)c2-n2cccc2)c1. The summed E-state index contributed by atoms with van der Waals surface area (Å²) in [7, 11) is 1.27. The third kappa shape index (κ3) is 4.06. The van der Waals surface area contributed by atoms with Crippen LogP contribution >= 0.6 is 11.6 Å². The number of esters is 1. The number of rotatable bonds is 5. The van der Waals surface area contributed by atoms with Gasteiger partial charge in [0.25, 0.3) is 5.91 Å². The number of hydrogen-bond acceptors (Lipinski definition) is 4. The molecule has 0 unspecified atom stereocenters. The fraction of sp³-hybridized carbons (Fsp3) is 0.0455. The van der Waals surface area contributed by atoms with Gasteiger partial charge in [-0.15, -0.1) is 0 Å². The van der Waals surface area contributed by atoms with Gasteiger partial charge in [-0.2, -0.15) is 5.10 Å². The standard InChI is InChI=1S/C22H16ClFN4O3/c1-31-22(30)14-4-9-18(23)19(12-14)26-20(29)17-13-25-28(16-7-5-15(24)6-8-16)21(17)27-10-2-3-11-27/h2-13H,1H3,(H,26,29). The number of hydrogen-bond donors (Lipinski definition) is 1. The van der Waals surface area contributed by atoms with E-state index in [1.807, 2.05) is 0 Å². The maximum Gasteiger partial charge on any atom is 0.337 e. The minimum atomic E-state index is -0.552. The number of anilines is 1. The number of aromatic nitrogens is 3. The van der Waals surface area contributed by atoms with E-state index < -0.39 is 11.9 Å². The fourth-order valence-electron chi connectivity index (χ4n) is 3.05. The predicted octanol–water partition coefficient (Wildman–Crippen LogP) is 4.49. The molecule has 2 aromatic heterocycles. The molecule has 0 aliphatic rings. The van der Waals surface area contributed by atoms with Gasteiger partial charge in [-0.05, 0) is 54.6 Å². The molecular formula is C22H16ClFN4O3. The second-order valence-corrected chi connectivity index (χ2v) is 6.91. The summed E-state index contributed by atoms with van der Waals surface area (Å²) in [4.78, 5) is 24.9. The van der Waals surface area contributed by atoms with E-state index in [4.69, 9.17) is 16.3 Å². The van der Waals surface area contributed by atoms with Gasteiger partial charge in [-0.25, -0.2) is 13.9 Å². The Morgan fingerprint density at radius 1 is 1.10 bits per heavy atom. The van der Waals surface area contributed by atoms with Crippen LogP contribution in [-0.4, -0.2) is 33.3 Å². The zero-order valence-corrected chi connectivity index (χ0v) is 17.0. The van der Waals surface area contributed by atoms with Gasteiger partial charge in [0.15, 0.2) is 5.82 Å². The highest BCUT2D eigenvalue weighted by Gasteiger charge is 2.21. The Kier molecular flexibility index (Phi) is 5.55. The molecule has 7 nitrogen and oxygen atoms in total. The molecule has 0 saturated carbocycles. The summed E-state index contributed by atoms with van der Waals surface area (Å²) in [5.74, 6) is -0.962. The van der Waals surface area contributed by atoms with Crippen LogP contribution in [0.4, 0.5) is 10.1 Å². The molecule has 0 atom stereocenters. The molecular weight excluding hydrogens is 423 g/mol. The topological polar surface area (TPSA) is 78.2 Å². The van der Waals surface area contributed by atoms with E-state index in [1.165, 1.54) is 48.3 Å². The lowest BCUT2D eigenvalue weighted by Crippen LogP contribution is -2.16. The number of benzene rings is 2. The van der Waals surface area contributed by atoms with Gasteiger partial charge >= 0.3 is 5.97 Å². The van der Waals surface area contributed by atoms with E-state index in [2.05, 4.69) is 10.4 Å². The number of nitrogens with one attached hydrogen (secondary N) is 1. The van der Waals surface area contributed by atoms with Crippen LogP contribution in [0.3, 0.4) is 0 Å². The average molecular weight is 439 g/mol. The summed E-state index contributed by atoms with van der Waals surface area (Å²) in [6, 6.07) is 13.8. The normalized spacial score (nSPS) is 10.7. The van der Waals surface area contributed by atoms with Crippen LogP contribution in [0, 0.1) is 5.82 Å². The van der Waals surface area contributed by atoms with Crippen molar-refractivity contribution in [1.82, 2.24) is 14.3 Å². The number of ether oxygens (including phenoxy) is 1. The van der Waals surface area contributed by atoms with Crippen LogP contribution in [0.15, 0.2) is 73.2 Å². The summed E-state index contributed by atoms with van der Waals surface area (Å²) >= 11 is 6.20. The lowest BCUT2D eigenvalue weighted by Gasteiger charge is -2.12. The van der Waals surface area contributed by atoms with Gasteiger partial charge in [-0.3, -0.25) is 4.79 Å². The lowest BCUT2D eigenvalue weighted by molar-refractivity contribution is 0.0600. The van der Waals surface area contributed by atoms with E-state index >= 15 is 0 Å². The Morgan fingerprint density at radius 3 is 2.48 bits per heavy atom. The first kappa shape index (κ1) is 20.4. The first-order valence-corrected chi connectivity index (χ1v) is 9.52. The molecule has 2 aromatic carbocycles. The predicted molar refractivity (Wildman–Crippen MR) is 114 cm³/mol. The van der Waals surface area contributed by atoms with Gasteiger partial charge in [0.1, 0.15) is 11.4 Å². The zero-order chi connectivity index (χ0) is 22.0. The minimum Gasteiger partial charge on any atom is -0.465 e. The van der Waals surface area contributed by atoms with E-state index in [-0.39, 0.29) is 27.7 Å². The van der Waals surface area contributed by atoms with Crippen molar-refractivity contribution < 1.29 is 18.7 Å². The molecule has 0 aliphatic heterocycles. The maximum absolute atomic E-state index is 13.4. The van der Waals surface area contributed by atoms with Crippen molar-refractivity contribution in [3.63, 3.8) is 0 Å². The lowest BCUT2D eigenvalue weighted by atomic mass is 10.2. The second kappa shape index (κ2) is 8.45. The fourth-order valence-corrected chi connectivity index (χ4v) is 3.22. The monoisotopic (exact) mass is 438 g/mol. The number of halogens is 2. The molecule has 0 radical (unpaired) electrons. The van der Waals surface area contributed by atoms with Gasteiger partial charge in [-0.1, -0.05) is 11.6 Å². The first-order chi connectivity index (χ1) is 15.0. The molecule has 1 amide bonds. The third-order valence-corrected chi connectivity index (χ3v) is 4.87. The number of carbonyl (C=O) groups excluding carboxylic acids is 2. The number of carbonyl (C=O) groups is 2. The largest absolute Gasteiger partial charge is 0.465 e. The minimum absolute atomic E-state index is 0.245. The molecule has 4 rings (SSSR count). The van der Waals surface area contributed by atoms with Crippen molar-refractivity contribution in [2.75, 3.05) is 12.4 Å². The van der Waals surface area contributed by atoms with Crippen molar-refractivity contribution in [3.8, 4) is 11.5 Å². The molecule has 2 heterocycles. The highest BCUT2D eigenvalue weighted by atomic mass is 35.5. The molecule has 0 saturated heterocycles. The van der Waals surface area contributed by atoms with Crippen LogP contribution in [0.1, 0.15) is 20.7 Å². The first-order valence-electron chi connectivity index (χ1n) is 9.14. The summed E-state index contributed by atoms with van der Waals surface area (Å²) in [5, 5.41) is 7.30. The van der Waals surface area contributed by atoms with Crippen LogP contribution in [0.2, 0.25) is 5.02 Å². The van der Waals surface area contributed by atoms with Gasteiger partial charge in [0.05, 0.1) is 35.3 Å². The van der Waals surface area contributed by atoms with Crippen molar-refractivity contribution >= 4 is 29.2 Å². The highest BCUT2D eigenvalue weighted by molar-refractivity contribution is 6.34. The summed E-state index contributed by atoms with van der Waals surface area (Å²) < 4.78 is 21.3. The Hall–Kier alpha value is -3.91. The summed E-state index contributed by atoms with van der Waals surface area (Å²) in [6.07, 6.45) is 4.93. The Labute approximate surface area is 181 Å². The molecule has 1 N–H and O–H groups in total. The third-order valence-electron chi connectivity index (χ3n) is 4.54. The number of methoxy groups -OCH3 is 1. The van der Waals surface area contributed by atoms with Crippen LogP contribution < -0.4 is 5.32 Å². The van der Waals surface area contributed by atoms with Crippen LogP contribution in [0.25, 0.3) is 11.5 Å². The maximum atomic E-state index is 13.4. The summed E-state index contributed by atoms with van der Waals surface area (Å²) in [6.45, 7) is 0. The van der Waals surface area contributed by atoms with Crippen molar-refractivity contribution in [3.05, 3.63) is 95.2 Å². The molecule has 0 fully saturated rings. The Bertz CT molecular complexity index is 1250. The molecule has 4 aromatic rings. The van der Waals surface area contributed by atoms with Crippen molar-refractivity contribution in [2.24, 2.45) is 0 Å². The highest BCUT2D eigenvalue weighted by Crippen LogP contribution is 2.26. The van der Waals surface area contributed by atoms with Gasteiger partial charge in [0, 0.05) is 12.4 Å². The van der Waals surface area contributed by atoms with Crippen molar-refractivity contribution in [2.45, 2.75) is 0 Å². The van der Waals surface area contributed by atoms with Crippen LogP contribution in [0.5, 0.6) is 0 Å². The molecule has 31 heavy (non-hydrogen) atoms. The second-order valence-electron chi connectivity index (χ2n) is 6.50. The average Bonchev–Trinajstić information content (AvgIpc) is 3.45. The van der Waals surface area contributed by atoms with E-state index in [0.717, 1.165) is 0 Å². The quantitative estimate of drug-likeness (QED) is 0.465. The molecule has 0 aliphatic carbocycles. The van der Waals surface area contributed by atoms with Crippen LogP contribution in [-0.2, 0) is 4.74 Å². The van der Waals surface area contributed by atoms with Gasteiger partial charge < -0.3 is 14.6 Å².